The van der Waals surface area contributed by atoms with Crippen molar-refractivity contribution in [3.05, 3.63) is 29.8 Å². The highest BCUT2D eigenvalue weighted by Crippen LogP contribution is 2.25. The molecule has 1 aliphatic rings. The maximum Gasteiger partial charge on any atom is 0.223 e. The van der Waals surface area contributed by atoms with Gasteiger partial charge in [0, 0.05) is 25.6 Å². The number of ether oxygens (including phenoxy) is 1. The number of carbonyl (C=O) groups excluding carboxylic acids is 1. The number of nitrogens with two attached hydrogens (primary N) is 1. The number of piperidine rings is 1. The van der Waals surface area contributed by atoms with Crippen molar-refractivity contribution in [2.75, 3.05) is 19.7 Å². The van der Waals surface area contributed by atoms with E-state index in [9.17, 15) is 4.79 Å². The molecule has 1 heterocycles. The van der Waals surface area contributed by atoms with Gasteiger partial charge < -0.3 is 15.4 Å². The lowest BCUT2D eigenvalue weighted by Crippen LogP contribution is -2.51. The molecule has 1 aromatic rings. The van der Waals surface area contributed by atoms with Crippen LogP contribution in [-0.4, -0.2) is 36.5 Å². The van der Waals surface area contributed by atoms with Crippen LogP contribution >= 0.6 is 0 Å². The lowest BCUT2D eigenvalue weighted by Gasteiger charge is -2.39. The molecule has 2 rings (SSSR count). The maximum absolute atomic E-state index is 12.6. The van der Waals surface area contributed by atoms with Gasteiger partial charge in [-0.3, -0.25) is 4.79 Å². The molecule has 4 nitrogen and oxygen atoms in total. The summed E-state index contributed by atoms with van der Waals surface area (Å²) in [5.74, 6) is 1.60. The average molecular weight is 304 g/mol. The Labute approximate surface area is 133 Å². The number of carbonyl (C=O) groups is 1. The summed E-state index contributed by atoms with van der Waals surface area (Å²) in [5, 5.41) is 0. The van der Waals surface area contributed by atoms with E-state index >= 15 is 0 Å². The van der Waals surface area contributed by atoms with Crippen molar-refractivity contribution in [1.29, 1.82) is 0 Å². The number of hydrogen-bond donors (Lipinski definition) is 1. The first kappa shape index (κ1) is 16.8. The number of nitrogens with zero attached hydrogens (tertiary/aromatic N) is 1. The second-order valence-corrected chi connectivity index (χ2v) is 6.05. The zero-order chi connectivity index (χ0) is 15.9. The third-order valence-electron chi connectivity index (χ3n) is 4.56. The van der Waals surface area contributed by atoms with Crippen molar-refractivity contribution in [3.63, 3.8) is 0 Å². The van der Waals surface area contributed by atoms with Gasteiger partial charge in [-0.1, -0.05) is 25.1 Å². The number of para-hydroxylation sites is 1. The molecular weight excluding hydrogens is 276 g/mol. The standard InChI is InChI=1S/C18H28N2O2/c1-3-22-17-9-5-4-8-15(17)10-11-18(21)20-12-6-7-14(2)16(20)13-19/h4-5,8-9,14,16H,3,6-7,10-13,19H2,1-2H3/t14-,16-/m0/s1. The van der Waals surface area contributed by atoms with Crippen molar-refractivity contribution in [1.82, 2.24) is 4.90 Å². The minimum Gasteiger partial charge on any atom is -0.494 e. The highest BCUT2D eigenvalue weighted by atomic mass is 16.5. The Morgan fingerprint density at radius 1 is 1.41 bits per heavy atom. The highest BCUT2D eigenvalue weighted by Gasteiger charge is 2.30. The molecule has 122 valence electrons. The zero-order valence-electron chi connectivity index (χ0n) is 13.8. The molecule has 1 fully saturated rings. The predicted octanol–water partition coefficient (Wildman–Crippen LogP) is 2.60. The molecule has 0 unspecified atom stereocenters. The minimum atomic E-state index is 0.198. The summed E-state index contributed by atoms with van der Waals surface area (Å²) in [5.41, 5.74) is 6.98. The van der Waals surface area contributed by atoms with Crippen LogP contribution in [0.1, 0.15) is 38.7 Å². The van der Waals surface area contributed by atoms with E-state index in [-0.39, 0.29) is 11.9 Å². The maximum atomic E-state index is 12.6. The van der Waals surface area contributed by atoms with Gasteiger partial charge in [-0.25, -0.2) is 0 Å². The zero-order valence-corrected chi connectivity index (χ0v) is 13.8. The molecule has 0 aliphatic carbocycles. The van der Waals surface area contributed by atoms with E-state index in [0.29, 0.717) is 25.5 Å². The Balaban J connectivity index is 1.97. The monoisotopic (exact) mass is 304 g/mol. The van der Waals surface area contributed by atoms with Crippen LogP contribution in [-0.2, 0) is 11.2 Å². The molecule has 1 amide bonds. The molecule has 2 atom stereocenters. The van der Waals surface area contributed by atoms with Crippen molar-refractivity contribution in [3.8, 4) is 5.75 Å². The highest BCUT2D eigenvalue weighted by molar-refractivity contribution is 5.77. The lowest BCUT2D eigenvalue weighted by molar-refractivity contribution is -0.136. The van der Waals surface area contributed by atoms with Crippen LogP contribution in [0.4, 0.5) is 0 Å². The molecule has 1 aromatic carbocycles. The number of benzene rings is 1. The minimum absolute atomic E-state index is 0.198. The Bertz CT molecular complexity index is 490. The normalized spacial score (nSPS) is 21.7. The molecule has 1 saturated heterocycles. The fraction of sp³-hybridized carbons (Fsp3) is 0.611. The Morgan fingerprint density at radius 3 is 2.91 bits per heavy atom. The van der Waals surface area contributed by atoms with Crippen molar-refractivity contribution in [2.24, 2.45) is 11.7 Å². The molecule has 4 heteroatoms. The van der Waals surface area contributed by atoms with E-state index in [1.165, 1.54) is 6.42 Å². The predicted molar refractivity (Wildman–Crippen MR) is 88.9 cm³/mol. The topological polar surface area (TPSA) is 55.6 Å². The fourth-order valence-corrected chi connectivity index (χ4v) is 3.31. The van der Waals surface area contributed by atoms with Gasteiger partial charge in [0.05, 0.1) is 6.61 Å². The summed E-state index contributed by atoms with van der Waals surface area (Å²) in [6.45, 7) is 6.22. The second kappa shape index (κ2) is 8.18. The van der Waals surface area contributed by atoms with Crippen LogP contribution in [0, 0.1) is 5.92 Å². The van der Waals surface area contributed by atoms with Gasteiger partial charge in [-0.2, -0.15) is 0 Å². The molecule has 22 heavy (non-hydrogen) atoms. The third-order valence-corrected chi connectivity index (χ3v) is 4.56. The summed E-state index contributed by atoms with van der Waals surface area (Å²) in [7, 11) is 0. The molecule has 0 saturated carbocycles. The molecule has 2 N–H and O–H groups in total. The number of hydrogen-bond acceptors (Lipinski definition) is 3. The van der Waals surface area contributed by atoms with Crippen molar-refractivity contribution in [2.45, 2.75) is 45.6 Å². The number of aryl methyl sites for hydroxylation is 1. The molecule has 0 bridgehead atoms. The van der Waals surface area contributed by atoms with Gasteiger partial charge in [0.15, 0.2) is 0 Å². The second-order valence-electron chi connectivity index (χ2n) is 6.05. The van der Waals surface area contributed by atoms with E-state index in [1.54, 1.807) is 0 Å². The van der Waals surface area contributed by atoms with Crippen LogP contribution in [0.3, 0.4) is 0 Å². The first-order valence-electron chi connectivity index (χ1n) is 8.37. The van der Waals surface area contributed by atoms with Gasteiger partial charge in [0.1, 0.15) is 5.75 Å². The average Bonchev–Trinajstić information content (AvgIpc) is 2.53. The smallest absolute Gasteiger partial charge is 0.223 e. The van der Waals surface area contributed by atoms with E-state index < -0.39 is 0 Å². The van der Waals surface area contributed by atoms with Crippen molar-refractivity contribution >= 4 is 5.91 Å². The number of likely N-dealkylation sites (tertiary alicyclic amines) is 1. The van der Waals surface area contributed by atoms with Crippen LogP contribution < -0.4 is 10.5 Å². The lowest BCUT2D eigenvalue weighted by atomic mass is 9.90. The number of amides is 1. The van der Waals surface area contributed by atoms with Gasteiger partial charge in [-0.05, 0) is 43.7 Å². The van der Waals surface area contributed by atoms with E-state index in [1.807, 2.05) is 36.1 Å². The molecular formula is C18H28N2O2. The Hall–Kier alpha value is -1.55. The van der Waals surface area contributed by atoms with Crippen molar-refractivity contribution < 1.29 is 9.53 Å². The third kappa shape index (κ3) is 4.01. The van der Waals surface area contributed by atoms with Crippen LogP contribution in [0.25, 0.3) is 0 Å². The van der Waals surface area contributed by atoms with Crippen LogP contribution in [0.5, 0.6) is 5.75 Å². The van der Waals surface area contributed by atoms with Gasteiger partial charge in [-0.15, -0.1) is 0 Å². The van der Waals surface area contributed by atoms with Gasteiger partial charge in [0.25, 0.3) is 0 Å². The summed E-state index contributed by atoms with van der Waals surface area (Å²) < 4.78 is 5.63. The first-order valence-corrected chi connectivity index (χ1v) is 8.37. The first-order chi connectivity index (χ1) is 10.7. The summed E-state index contributed by atoms with van der Waals surface area (Å²) >= 11 is 0. The van der Waals surface area contributed by atoms with Gasteiger partial charge >= 0.3 is 0 Å². The quantitative estimate of drug-likeness (QED) is 0.879. The SMILES string of the molecule is CCOc1ccccc1CCC(=O)N1CCC[C@H](C)[C@@H]1CN. The fourth-order valence-electron chi connectivity index (χ4n) is 3.31. The van der Waals surface area contributed by atoms with E-state index in [0.717, 1.165) is 30.7 Å². The molecule has 0 aromatic heterocycles. The van der Waals surface area contributed by atoms with Gasteiger partial charge in [0.2, 0.25) is 5.91 Å². The summed E-state index contributed by atoms with van der Waals surface area (Å²) in [4.78, 5) is 14.6. The molecule has 1 aliphatic heterocycles. The Kier molecular flexibility index (Phi) is 6.25. The Morgan fingerprint density at radius 2 is 2.18 bits per heavy atom. The summed E-state index contributed by atoms with van der Waals surface area (Å²) in [6, 6.07) is 8.16. The number of rotatable bonds is 6. The molecule has 0 radical (unpaired) electrons. The van der Waals surface area contributed by atoms with Crippen LogP contribution in [0.2, 0.25) is 0 Å². The van der Waals surface area contributed by atoms with Crippen LogP contribution in [0.15, 0.2) is 24.3 Å². The van der Waals surface area contributed by atoms with E-state index in [2.05, 4.69) is 6.92 Å². The van der Waals surface area contributed by atoms with E-state index in [4.69, 9.17) is 10.5 Å². The largest absolute Gasteiger partial charge is 0.494 e. The summed E-state index contributed by atoms with van der Waals surface area (Å²) in [6.07, 6.45) is 3.49. The molecule has 0 spiro atoms.